The maximum absolute atomic E-state index is 13.9. The van der Waals surface area contributed by atoms with E-state index >= 15 is 0 Å². The minimum Gasteiger partial charge on any atom is -0.493 e. The quantitative estimate of drug-likeness (QED) is 0.306. The van der Waals surface area contributed by atoms with Gasteiger partial charge in [-0.2, -0.15) is 0 Å². The highest BCUT2D eigenvalue weighted by molar-refractivity contribution is 7.22. The number of hydrogen-bond acceptors (Lipinski definition) is 8. The Labute approximate surface area is 215 Å². The first-order valence-corrected chi connectivity index (χ1v) is 12.3. The number of fused-ring (bicyclic) bond motifs is 3. The summed E-state index contributed by atoms with van der Waals surface area (Å²) >= 11 is 1.38. The molecular formula is C28H22N2O6S. The van der Waals surface area contributed by atoms with E-state index in [2.05, 4.69) is 0 Å². The standard InChI is InChI=1S/C28H22N2O6S/c1-14-9-10-17-21(11-14)37-28(29-17)30-23(15-12-19(33-2)25(35-4)20(13-15)34-3)22-24(31)16-7-5-6-8-18(16)36-26(22)27(30)32/h5-13,23H,1-4H3/t23-/m0/s1. The van der Waals surface area contributed by atoms with Crippen molar-refractivity contribution in [3.63, 3.8) is 0 Å². The average Bonchev–Trinajstić information content (AvgIpc) is 3.45. The molecule has 0 spiro atoms. The van der Waals surface area contributed by atoms with E-state index in [0.717, 1.165) is 15.8 Å². The number of hydrogen-bond donors (Lipinski definition) is 0. The first-order valence-electron chi connectivity index (χ1n) is 11.5. The summed E-state index contributed by atoms with van der Waals surface area (Å²) in [7, 11) is 4.55. The largest absolute Gasteiger partial charge is 0.493 e. The van der Waals surface area contributed by atoms with Crippen LogP contribution in [0.25, 0.3) is 21.2 Å². The van der Waals surface area contributed by atoms with Crippen LogP contribution in [-0.4, -0.2) is 32.2 Å². The van der Waals surface area contributed by atoms with Gasteiger partial charge in [0, 0.05) is 0 Å². The molecule has 0 aliphatic carbocycles. The van der Waals surface area contributed by atoms with Gasteiger partial charge >= 0.3 is 0 Å². The Morgan fingerprint density at radius 3 is 2.38 bits per heavy atom. The molecule has 3 aromatic carbocycles. The van der Waals surface area contributed by atoms with Gasteiger partial charge in [-0.15, -0.1) is 0 Å². The first-order chi connectivity index (χ1) is 17.9. The lowest BCUT2D eigenvalue weighted by molar-refractivity contribution is 0.0971. The van der Waals surface area contributed by atoms with E-state index in [1.54, 1.807) is 36.4 Å². The van der Waals surface area contributed by atoms with Crippen molar-refractivity contribution < 1.29 is 23.4 Å². The van der Waals surface area contributed by atoms with Crippen LogP contribution < -0.4 is 24.5 Å². The molecule has 0 N–H and O–H groups in total. The highest BCUT2D eigenvalue weighted by Gasteiger charge is 2.45. The molecule has 1 atom stereocenters. The van der Waals surface area contributed by atoms with Crippen molar-refractivity contribution in [2.75, 3.05) is 26.2 Å². The van der Waals surface area contributed by atoms with Crippen LogP contribution in [0.1, 0.15) is 33.3 Å². The van der Waals surface area contributed by atoms with Gasteiger partial charge in [0.15, 0.2) is 22.1 Å². The third-order valence-corrected chi connectivity index (χ3v) is 7.54. The third kappa shape index (κ3) is 3.46. The zero-order chi connectivity index (χ0) is 25.8. The van der Waals surface area contributed by atoms with Gasteiger partial charge in [0.05, 0.1) is 48.5 Å². The van der Waals surface area contributed by atoms with E-state index in [0.29, 0.717) is 38.9 Å². The monoisotopic (exact) mass is 514 g/mol. The van der Waals surface area contributed by atoms with Crippen LogP contribution in [0.4, 0.5) is 5.13 Å². The molecule has 1 aliphatic rings. The van der Waals surface area contributed by atoms with Gasteiger partial charge in [-0.05, 0) is 54.4 Å². The van der Waals surface area contributed by atoms with Gasteiger partial charge in [0.2, 0.25) is 11.5 Å². The number of para-hydroxylation sites is 1. The molecule has 0 radical (unpaired) electrons. The van der Waals surface area contributed by atoms with Crippen LogP contribution in [0.15, 0.2) is 63.8 Å². The molecule has 5 aromatic rings. The lowest BCUT2D eigenvalue weighted by Crippen LogP contribution is -2.29. The number of carbonyl (C=O) groups excluding carboxylic acids is 1. The van der Waals surface area contributed by atoms with Crippen LogP contribution in [-0.2, 0) is 0 Å². The van der Waals surface area contributed by atoms with Crippen molar-refractivity contribution in [2.45, 2.75) is 13.0 Å². The van der Waals surface area contributed by atoms with E-state index in [1.807, 2.05) is 25.1 Å². The fourth-order valence-electron chi connectivity index (χ4n) is 4.81. The Bertz CT molecular complexity index is 1750. The molecule has 6 rings (SSSR count). The molecule has 9 heteroatoms. The number of rotatable bonds is 5. The lowest BCUT2D eigenvalue weighted by Gasteiger charge is -2.24. The van der Waals surface area contributed by atoms with E-state index in [9.17, 15) is 9.59 Å². The molecule has 37 heavy (non-hydrogen) atoms. The smallest absolute Gasteiger partial charge is 0.297 e. The number of carbonyl (C=O) groups is 1. The van der Waals surface area contributed by atoms with Crippen molar-refractivity contribution in [1.82, 2.24) is 4.98 Å². The summed E-state index contributed by atoms with van der Waals surface area (Å²) < 4.78 is 23.6. The Morgan fingerprint density at radius 2 is 1.68 bits per heavy atom. The van der Waals surface area contributed by atoms with Gasteiger partial charge in [0.25, 0.3) is 5.91 Å². The number of methoxy groups -OCH3 is 3. The molecule has 8 nitrogen and oxygen atoms in total. The van der Waals surface area contributed by atoms with E-state index in [4.69, 9.17) is 23.6 Å². The Balaban J connectivity index is 1.66. The Morgan fingerprint density at radius 1 is 0.946 bits per heavy atom. The van der Waals surface area contributed by atoms with Gasteiger partial charge in [-0.25, -0.2) is 4.98 Å². The number of aryl methyl sites for hydroxylation is 1. The van der Waals surface area contributed by atoms with Crippen LogP contribution >= 0.6 is 11.3 Å². The number of ether oxygens (including phenoxy) is 3. The molecule has 1 amide bonds. The number of aromatic nitrogens is 1. The van der Waals surface area contributed by atoms with Crippen molar-refractivity contribution in [3.8, 4) is 17.2 Å². The number of amides is 1. The summed E-state index contributed by atoms with van der Waals surface area (Å²) in [5.74, 6) is 0.779. The van der Waals surface area contributed by atoms with Crippen molar-refractivity contribution in [1.29, 1.82) is 0 Å². The molecular weight excluding hydrogens is 492 g/mol. The van der Waals surface area contributed by atoms with Gasteiger partial charge in [0.1, 0.15) is 5.58 Å². The molecule has 186 valence electrons. The third-order valence-electron chi connectivity index (χ3n) is 6.52. The summed E-state index contributed by atoms with van der Waals surface area (Å²) in [6, 6.07) is 15.5. The maximum Gasteiger partial charge on any atom is 0.297 e. The Kier molecular flexibility index (Phi) is 5.38. The molecule has 1 aliphatic heterocycles. The second-order valence-electron chi connectivity index (χ2n) is 8.67. The first kappa shape index (κ1) is 23.1. The van der Waals surface area contributed by atoms with Crippen LogP contribution in [0.5, 0.6) is 17.2 Å². The molecule has 0 unspecified atom stereocenters. The molecule has 3 heterocycles. The Hall–Kier alpha value is -4.37. The predicted molar refractivity (Wildman–Crippen MR) is 142 cm³/mol. The van der Waals surface area contributed by atoms with Gasteiger partial charge in [-0.1, -0.05) is 29.5 Å². The zero-order valence-corrected chi connectivity index (χ0v) is 21.3. The molecule has 0 bridgehead atoms. The number of thiazole rings is 1. The SMILES string of the molecule is COc1cc([C@H]2c3c(oc4ccccc4c3=O)C(=O)N2c2nc3ccc(C)cc3s2)cc(OC)c1OC. The summed E-state index contributed by atoms with van der Waals surface area (Å²) in [6.07, 6.45) is 0. The van der Waals surface area contributed by atoms with Gasteiger partial charge in [-0.3, -0.25) is 14.5 Å². The zero-order valence-electron chi connectivity index (χ0n) is 20.5. The molecule has 0 fully saturated rings. The lowest BCUT2D eigenvalue weighted by atomic mass is 9.98. The summed E-state index contributed by atoms with van der Waals surface area (Å²) in [5.41, 5.74) is 2.77. The van der Waals surface area contributed by atoms with Crippen molar-refractivity contribution >= 4 is 43.6 Å². The highest BCUT2D eigenvalue weighted by atomic mass is 32.1. The average molecular weight is 515 g/mol. The summed E-state index contributed by atoms with van der Waals surface area (Å²) in [6.45, 7) is 2.00. The number of nitrogens with zero attached hydrogens (tertiary/aromatic N) is 2. The molecule has 0 saturated heterocycles. The van der Waals surface area contributed by atoms with E-state index < -0.39 is 11.9 Å². The predicted octanol–water partition coefficient (Wildman–Crippen LogP) is 5.49. The summed E-state index contributed by atoms with van der Waals surface area (Å²) in [4.78, 5) is 34.0. The molecule has 0 saturated carbocycles. The summed E-state index contributed by atoms with van der Waals surface area (Å²) in [5, 5.41) is 0.854. The fraction of sp³-hybridized carbons (Fsp3) is 0.179. The topological polar surface area (TPSA) is 91.1 Å². The minimum atomic E-state index is -0.821. The van der Waals surface area contributed by atoms with E-state index in [1.165, 1.54) is 37.6 Å². The van der Waals surface area contributed by atoms with Crippen molar-refractivity contribution in [3.05, 3.63) is 87.3 Å². The normalized spacial score (nSPS) is 14.9. The minimum absolute atomic E-state index is 0.00196. The number of anilines is 1. The fourth-order valence-corrected chi connectivity index (χ4v) is 5.90. The van der Waals surface area contributed by atoms with Crippen LogP contribution in [0, 0.1) is 6.92 Å². The molecule has 2 aromatic heterocycles. The van der Waals surface area contributed by atoms with Crippen LogP contribution in [0.3, 0.4) is 0 Å². The van der Waals surface area contributed by atoms with Crippen molar-refractivity contribution in [2.24, 2.45) is 0 Å². The second-order valence-corrected chi connectivity index (χ2v) is 9.68. The number of benzene rings is 3. The van der Waals surface area contributed by atoms with Gasteiger partial charge < -0.3 is 18.6 Å². The van der Waals surface area contributed by atoms with E-state index in [-0.39, 0.29) is 16.8 Å². The maximum atomic E-state index is 13.9. The highest BCUT2D eigenvalue weighted by Crippen LogP contribution is 2.47. The van der Waals surface area contributed by atoms with Crippen LogP contribution in [0.2, 0.25) is 0 Å². The second kappa shape index (κ2) is 8.63.